The second-order valence-electron chi connectivity index (χ2n) is 2.55. The zero-order valence-corrected chi connectivity index (χ0v) is 6.57. The summed E-state index contributed by atoms with van der Waals surface area (Å²) in [5, 5.41) is 0.589. The number of carbonyl (C=O) groups is 1. The second-order valence-corrected chi connectivity index (χ2v) is 2.55. The average molecular weight is 176 g/mol. The van der Waals surface area contributed by atoms with Crippen LogP contribution in [-0.2, 0) is 0 Å². The molecule has 0 spiro atoms. The van der Waals surface area contributed by atoms with Crippen molar-refractivity contribution in [1.82, 2.24) is 9.97 Å². The molecule has 2 rings (SSSR count). The molecule has 0 radical (unpaired) electrons. The predicted molar refractivity (Wildman–Crippen MR) is 44.9 cm³/mol. The topological polar surface area (TPSA) is 42.9 Å². The quantitative estimate of drug-likeness (QED) is 0.619. The third-order valence-corrected chi connectivity index (χ3v) is 1.67. The first-order valence-electron chi connectivity index (χ1n) is 3.67. The number of hydrogen-bond acceptors (Lipinski definition) is 3. The van der Waals surface area contributed by atoms with E-state index >= 15 is 0 Å². The molecule has 0 amide bonds. The molecule has 0 atom stereocenters. The highest BCUT2D eigenvalue weighted by atomic mass is 19.1. The maximum Gasteiger partial charge on any atom is 0.193 e. The van der Waals surface area contributed by atoms with Gasteiger partial charge in [0, 0.05) is 11.6 Å². The van der Waals surface area contributed by atoms with Gasteiger partial charge in [0.1, 0.15) is 5.82 Å². The van der Waals surface area contributed by atoms with Gasteiger partial charge in [-0.1, -0.05) is 0 Å². The zero-order valence-electron chi connectivity index (χ0n) is 6.57. The van der Waals surface area contributed by atoms with Gasteiger partial charge in [0.05, 0.1) is 5.52 Å². The lowest BCUT2D eigenvalue weighted by Crippen LogP contribution is -1.92. The molecule has 0 saturated heterocycles. The summed E-state index contributed by atoms with van der Waals surface area (Å²) in [5.41, 5.74) is 0.568. The van der Waals surface area contributed by atoms with Crippen LogP contribution in [0, 0.1) is 5.82 Å². The van der Waals surface area contributed by atoms with E-state index < -0.39 is 0 Å². The van der Waals surface area contributed by atoms with Crippen molar-refractivity contribution in [2.24, 2.45) is 0 Å². The molecule has 1 aromatic heterocycles. The summed E-state index contributed by atoms with van der Waals surface area (Å²) >= 11 is 0. The zero-order chi connectivity index (χ0) is 9.26. The van der Waals surface area contributed by atoms with Crippen LogP contribution in [0.2, 0.25) is 0 Å². The molecule has 0 aliphatic rings. The summed E-state index contributed by atoms with van der Waals surface area (Å²) < 4.78 is 12.7. The summed E-state index contributed by atoms with van der Waals surface area (Å²) in [4.78, 5) is 17.9. The van der Waals surface area contributed by atoms with E-state index in [9.17, 15) is 9.18 Å². The summed E-state index contributed by atoms with van der Waals surface area (Å²) in [6, 6.07) is 4.13. The third kappa shape index (κ3) is 1.38. The van der Waals surface area contributed by atoms with Gasteiger partial charge < -0.3 is 0 Å². The number of aromatic nitrogens is 2. The molecule has 0 aliphatic carbocycles. The number of benzene rings is 1. The third-order valence-electron chi connectivity index (χ3n) is 1.67. The number of fused-ring (bicyclic) bond motifs is 1. The van der Waals surface area contributed by atoms with E-state index in [0.29, 0.717) is 17.2 Å². The summed E-state index contributed by atoms with van der Waals surface area (Å²) in [6.45, 7) is 0. The van der Waals surface area contributed by atoms with Gasteiger partial charge in [0.25, 0.3) is 0 Å². The molecule has 13 heavy (non-hydrogen) atoms. The fourth-order valence-electron chi connectivity index (χ4n) is 1.08. The van der Waals surface area contributed by atoms with E-state index in [1.807, 2.05) is 0 Å². The molecule has 4 heteroatoms. The fraction of sp³-hybridized carbons (Fsp3) is 0. The molecule has 0 saturated carbocycles. The minimum atomic E-state index is -0.338. The molecule has 1 aromatic carbocycles. The molecular weight excluding hydrogens is 171 g/mol. The van der Waals surface area contributed by atoms with E-state index in [1.54, 1.807) is 0 Å². The molecule has 0 aliphatic heterocycles. The Morgan fingerprint density at radius 2 is 2.23 bits per heavy atom. The smallest absolute Gasteiger partial charge is 0.193 e. The lowest BCUT2D eigenvalue weighted by Gasteiger charge is -1.96. The Bertz CT molecular complexity index is 470. The van der Waals surface area contributed by atoms with Gasteiger partial charge >= 0.3 is 0 Å². The van der Waals surface area contributed by atoms with Crippen molar-refractivity contribution in [2.45, 2.75) is 0 Å². The van der Waals surface area contributed by atoms with Crippen LogP contribution in [0.15, 0.2) is 24.4 Å². The molecule has 64 valence electrons. The van der Waals surface area contributed by atoms with Gasteiger partial charge in [0.15, 0.2) is 12.1 Å². The SMILES string of the molecule is O=Cc1ncc2cc(F)ccc2n1. The van der Waals surface area contributed by atoms with Gasteiger partial charge in [-0.2, -0.15) is 0 Å². The monoisotopic (exact) mass is 176 g/mol. The molecule has 2 aromatic rings. The largest absolute Gasteiger partial charge is 0.294 e. The van der Waals surface area contributed by atoms with Crippen LogP contribution in [0.1, 0.15) is 10.6 Å². The van der Waals surface area contributed by atoms with Crippen molar-refractivity contribution < 1.29 is 9.18 Å². The standard InChI is InChI=1S/C9H5FN2O/c10-7-1-2-8-6(3-7)4-11-9(5-13)12-8/h1-5H. The Kier molecular flexibility index (Phi) is 1.73. The second kappa shape index (κ2) is 2.90. The molecular formula is C9H5FN2O. The molecule has 0 fully saturated rings. The number of rotatable bonds is 1. The van der Waals surface area contributed by atoms with Crippen molar-refractivity contribution >= 4 is 17.2 Å². The maximum absolute atomic E-state index is 12.7. The fourth-order valence-corrected chi connectivity index (χ4v) is 1.08. The normalized spacial score (nSPS) is 10.2. The van der Waals surface area contributed by atoms with E-state index in [2.05, 4.69) is 9.97 Å². The minimum absolute atomic E-state index is 0.110. The first-order chi connectivity index (χ1) is 6.29. The number of halogens is 1. The van der Waals surface area contributed by atoms with Gasteiger partial charge in [-0.15, -0.1) is 0 Å². The first kappa shape index (κ1) is 7.79. The summed E-state index contributed by atoms with van der Waals surface area (Å²) in [5.74, 6) is -0.228. The number of hydrogen-bond donors (Lipinski definition) is 0. The molecule has 0 N–H and O–H groups in total. The van der Waals surface area contributed by atoms with Crippen molar-refractivity contribution in [3.8, 4) is 0 Å². The van der Waals surface area contributed by atoms with Crippen LogP contribution in [0.3, 0.4) is 0 Å². The summed E-state index contributed by atoms with van der Waals surface area (Å²) in [7, 11) is 0. The average Bonchev–Trinajstić information content (AvgIpc) is 2.17. The van der Waals surface area contributed by atoms with Crippen molar-refractivity contribution in [3.63, 3.8) is 0 Å². The maximum atomic E-state index is 12.7. The van der Waals surface area contributed by atoms with Crippen LogP contribution >= 0.6 is 0 Å². The van der Waals surface area contributed by atoms with Crippen LogP contribution < -0.4 is 0 Å². The highest BCUT2D eigenvalue weighted by Crippen LogP contribution is 2.11. The van der Waals surface area contributed by atoms with Crippen molar-refractivity contribution in [1.29, 1.82) is 0 Å². The van der Waals surface area contributed by atoms with Gasteiger partial charge in [-0.25, -0.2) is 14.4 Å². The van der Waals surface area contributed by atoms with E-state index in [1.165, 1.54) is 24.4 Å². The Hall–Kier alpha value is -1.84. The molecule has 1 heterocycles. The first-order valence-corrected chi connectivity index (χ1v) is 3.67. The predicted octanol–water partition coefficient (Wildman–Crippen LogP) is 1.58. The Morgan fingerprint density at radius 1 is 1.38 bits per heavy atom. The minimum Gasteiger partial charge on any atom is -0.294 e. The number of nitrogens with zero attached hydrogens (tertiary/aromatic N) is 2. The van der Waals surface area contributed by atoms with Crippen LogP contribution in [0.4, 0.5) is 4.39 Å². The Labute approximate surface area is 73.2 Å². The molecule has 0 bridgehead atoms. The Balaban J connectivity index is 2.73. The van der Waals surface area contributed by atoms with E-state index in [4.69, 9.17) is 0 Å². The van der Waals surface area contributed by atoms with Crippen LogP contribution in [0.5, 0.6) is 0 Å². The molecule has 0 unspecified atom stereocenters. The molecule has 3 nitrogen and oxygen atoms in total. The summed E-state index contributed by atoms with van der Waals surface area (Å²) in [6.07, 6.45) is 1.98. The highest BCUT2D eigenvalue weighted by molar-refractivity contribution is 5.80. The van der Waals surface area contributed by atoms with Crippen LogP contribution in [0.25, 0.3) is 10.9 Å². The lowest BCUT2D eigenvalue weighted by atomic mass is 10.2. The van der Waals surface area contributed by atoms with Crippen molar-refractivity contribution in [2.75, 3.05) is 0 Å². The number of carbonyl (C=O) groups excluding carboxylic acids is 1. The van der Waals surface area contributed by atoms with Crippen LogP contribution in [-0.4, -0.2) is 16.3 Å². The lowest BCUT2D eigenvalue weighted by molar-refractivity contribution is 0.111. The highest BCUT2D eigenvalue weighted by Gasteiger charge is 1.99. The van der Waals surface area contributed by atoms with E-state index in [0.717, 1.165) is 0 Å². The van der Waals surface area contributed by atoms with Gasteiger partial charge in [-0.3, -0.25) is 4.79 Å². The van der Waals surface area contributed by atoms with Crippen molar-refractivity contribution in [3.05, 3.63) is 36.0 Å². The number of aldehydes is 1. The van der Waals surface area contributed by atoms with Gasteiger partial charge in [-0.05, 0) is 18.2 Å². The van der Waals surface area contributed by atoms with Gasteiger partial charge in [0.2, 0.25) is 0 Å². The Morgan fingerprint density at radius 3 is 3.00 bits per heavy atom. The van der Waals surface area contributed by atoms with E-state index in [-0.39, 0.29) is 11.6 Å².